The van der Waals surface area contributed by atoms with E-state index in [-0.39, 0.29) is 5.54 Å². The minimum atomic E-state index is -0.210. The fourth-order valence-electron chi connectivity index (χ4n) is 1.28. The Bertz CT molecular complexity index is 144. The van der Waals surface area contributed by atoms with Crippen LogP contribution in [0.15, 0.2) is 25.3 Å². The zero-order valence-corrected chi connectivity index (χ0v) is 8.59. The zero-order valence-electron chi connectivity index (χ0n) is 8.59. The SMILES string of the molecule is C=CCC(N)(CC=C)CCOCC. The van der Waals surface area contributed by atoms with Gasteiger partial charge in [0.2, 0.25) is 0 Å². The van der Waals surface area contributed by atoms with E-state index < -0.39 is 0 Å². The van der Waals surface area contributed by atoms with Gasteiger partial charge in [-0.15, -0.1) is 13.2 Å². The highest BCUT2D eigenvalue weighted by molar-refractivity contribution is 4.95. The molecule has 0 atom stereocenters. The van der Waals surface area contributed by atoms with E-state index in [2.05, 4.69) is 13.2 Å². The van der Waals surface area contributed by atoms with E-state index in [4.69, 9.17) is 10.5 Å². The van der Waals surface area contributed by atoms with E-state index in [9.17, 15) is 0 Å². The Morgan fingerprint density at radius 3 is 2.23 bits per heavy atom. The van der Waals surface area contributed by atoms with E-state index >= 15 is 0 Å². The molecule has 0 saturated heterocycles. The third-order valence-electron chi connectivity index (χ3n) is 2.05. The molecular weight excluding hydrogens is 162 g/mol. The van der Waals surface area contributed by atoms with Crippen molar-refractivity contribution in [2.75, 3.05) is 13.2 Å². The Kier molecular flexibility index (Phi) is 6.55. The van der Waals surface area contributed by atoms with Gasteiger partial charge in [0.15, 0.2) is 0 Å². The second-order valence-corrected chi connectivity index (χ2v) is 3.29. The molecule has 13 heavy (non-hydrogen) atoms. The molecule has 0 heterocycles. The van der Waals surface area contributed by atoms with Crippen LogP contribution in [0, 0.1) is 0 Å². The average Bonchev–Trinajstić information content (AvgIpc) is 2.05. The summed E-state index contributed by atoms with van der Waals surface area (Å²) in [5, 5.41) is 0. The van der Waals surface area contributed by atoms with Crippen LogP contribution in [0.25, 0.3) is 0 Å². The van der Waals surface area contributed by atoms with Gasteiger partial charge in [-0.2, -0.15) is 0 Å². The quantitative estimate of drug-likeness (QED) is 0.463. The van der Waals surface area contributed by atoms with Gasteiger partial charge in [-0.25, -0.2) is 0 Å². The molecule has 0 fully saturated rings. The molecule has 0 saturated carbocycles. The van der Waals surface area contributed by atoms with Crippen LogP contribution >= 0.6 is 0 Å². The summed E-state index contributed by atoms with van der Waals surface area (Å²) in [7, 11) is 0. The lowest BCUT2D eigenvalue weighted by atomic mass is 9.89. The molecule has 0 aromatic heterocycles. The van der Waals surface area contributed by atoms with Gasteiger partial charge in [0.05, 0.1) is 0 Å². The van der Waals surface area contributed by atoms with E-state index in [1.54, 1.807) is 0 Å². The van der Waals surface area contributed by atoms with Gasteiger partial charge in [-0.05, 0) is 26.2 Å². The summed E-state index contributed by atoms with van der Waals surface area (Å²) in [5.74, 6) is 0. The van der Waals surface area contributed by atoms with Crippen LogP contribution in [0.5, 0.6) is 0 Å². The maximum Gasteiger partial charge on any atom is 0.0483 e. The van der Waals surface area contributed by atoms with Gasteiger partial charge in [0, 0.05) is 18.8 Å². The first kappa shape index (κ1) is 12.4. The molecule has 2 heteroatoms. The molecular formula is C11H21NO. The molecule has 0 amide bonds. The smallest absolute Gasteiger partial charge is 0.0483 e. The summed E-state index contributed by atoms with van der Waals surface area (Å²) in [5.41, 5.74) is 5.93. The second kappa shape index (κ2) is 6.87. The predicted molar refractivity (Wildman–Crippen MR) is 57.7 cm³/mol. The molecule has 0 aromatic carbocycles. The molecule has 0 aliphatic rings. The van der Waals surface area contributed by atoms with Crippen molar-refractivity contribution in [3.8, 4) is 0 Å². The summed E-state index contributed by atoms with van der Waals surface area (Å²) in [6, 6.07) is 0. The Morgan fingerprint density at radius 1 is 1.31 bits per heavy atom. The topological polar surface area (TPSA) is 35.2 Å². The lowest BCUT2D eigenvalue weighted by Gasteiger charge is -2.26. The molecule has 76 valence electrons. The summed E-state index contributed by atoms with van der Waals surface area (Å²) in [4.78, 5) is 0. The number of hydrogen-bond donors (Lipinski definition) is 1. The van der Waals surface area contributed by atoms with E-state index in [1.165, 1.54) is 0 Å². The first-order chi connectivity index (χ1) is 6.18. The monoisotopic (exact) mass is 183 g/mol. The summed E-state index contributed by atoms with van der Waals surface area (Å²) in [6.07, 6.45) is 6.20. The van der Waals surface area contributed by atoms with Gasteiger partial charge in [-0.3, -0.25) is 0 Å². The largest absolute Gasteiger partial charge is 0.382 e. The molecule has 0 unspecified atom stereocenters. The van der Waals surface area contributed by atoms with Crippen molar-refractivity contribution in [2.45, 2.75) is 31.7 Å². The van der Waals surface area contributed by atoms with Crippen LogP contribution in [-0.2, 0) is 4.74 Å². The minimum absolute atomic E-state index is 0.210. The summed E-state index contributed by atoms with van der Waals surface area (Å²) in [6.45, 7) is 10.9. The highest BCUT2D eigenvalue weighted by Crippen LogP contribution is 2.17. The van der Waals surface area contributed by atoms with Crippen molar-refractivity contribution in [3.63, 3.8) is 0 Å². The van der Waals surface area contributed by atoms with Crippen LogP contribution in [-0.4, -0.2) is 18.8 Å². The molecule has 0 bridgehead atoms. The first-order valence-corrected chi connectivity index (χ1v) is 4.77. The van der Waals surface area contributed by atoms with Crippen molar-refractivity contribution in [1.29, 1.82) is 0 Å². The van der Waals surface area contributed by atoms with Crippen molar-refractivity contribution >= 4 is 0 Å². The standard InChI is InChI=1S/C11H21NO/c1-4-7-11(12,8-5-2)9-10-13-6-3/h4-5H,1-2,6-10,12H2,3H3. The third kappa shape index (κ3) is 5.61. The van der Waals surface area contributed by atoms with Crippen molar-refractivity contribution < 1.29 is 4.74 Å². The highest BCUT2D eigenvalue weighted by Gasteiger charge is 2.20. The van der Waals surface area contributed by atoms with Gasteiger partial charge >= 0.3 is 0 Å². The normalized spacial score (nSPS) is 11.2. The first-order valence-electron chi connectivity index (χ1n) is 4.77. The molecule has 2 nitrogen and oxygen atoms in total. The molecule has 0 aromatic rings. The lowest BCUT2D eigenvalue weighted by molar-refractivity contribution is 0.126. The van der Waals surface area contributed by atoms with Crippen LogP contribution < -0.4 is 5.73 Å². The number of rotatable bonds is 8. The van der Waals surface area contributed by atoms with Crippen LogP contribution in [0.4, 0.5) is 0 Å². The summed E-state index contributed by atoms with van der Waals surface area (Å²) < 4.78 is 5.27. The van der Waals surface area contributed by atoms with E-state index in [1.807, 2.05) is 19.1 Å². The number of ether oxygens (including phenoxy) is 1. The predicted octanol–water partition coefficient (Wildman–Crippen LogP) is 2.26. The maximum atomic E-state index is 6.14. The fourth-order valence-corrected chi connectivity index (χ4v) is 1.28. The van der Waals surface area contributed by atoms with Gasteiger partial charge in [-0.1, -0.05) is 12.2 Å². The molecule has 0 rings (SSSR count). The Balaban J connectivity index is 3.90. The molecule has 2 N–H and O–H groups in total. The number of nitrogens with two attached hydrogens (primary N) is 1. The number of hydrogen-bond acceptors (Lipinski definition) is 2. The van der Waals surface area contributed by atoms with Gasteiger partial charge in [0.25, 0.3) is 0 Å². The van der Waals surface area contributed by atoms with Crippen LogP contribution in [0.1, 0.15) is 26.2 Å². The molecule has 0 spiro atoms. The fraction of sp³-hybridized carbons (Fsp3) is 0.636. The van der Waals surface area contributed by atoms with E-state index in [0.717, 1.165) is 25.9 Å². The average molecular weight is 183 g/mol. The van der Waals surface area contributed by atoms with Crippen LogP contribution in [0.3, 0.4) is 0 Å². The van der Waals surface area contributed by atoms with Crippen molar-refractivity contribution in [2.24, 2.45) is 5.73 Å². The Labute approximate surface area is 81.5 Å². The zero-order chi connectivity index (χ0) is 10.2. The van der Waals surface area contributed by atoms with Gasteiger partial charge < -0.3 is 10.5 Å². The Hall–Kier alpha value is -0.600. The molecule has 0 aliphatic carbocycles. The second-order valence-electron chi connectivity index (χ2n) is 3.29. The molecule has 0 radical (unpaired) electrons. The summed E-state index contributed by atoms with van der Waals surface area (Å²) >= 11 is 0. The minimum Gasteiger partial charge on any atom is -0.382 e. The highest BCUT2D eigenvalue weighted by atomic mass is 16.5. The Morgan fingerprint density at radius 2 is 1.85 bits per heavy atom. The lowest BCUT2D eigenvalue weighted by Crippen LogP contribution is -2.39. The van der Waals surface area contributed by atoms with Crippen molar-refractivity contribution in [1.82, 2.24) is 0 Å². The molecule has 0 aliphatic heterocycles. The van der Waals surface area contributed by atoms with Gasteiger partial charge in [0.1, 0.15) is 0 Å². The van der Waals surface area contributed by atoms with Crippen LogP contribution in [0.2, 0.25) is 0 Å². The van der Waals surface area contributed by atoms with Crippen molar-refractivity contribution in [3.05, 3.63) is 25.3 Å². The third-order valence-corrected chi connectivity index (χ3v) is 2.05. The maximum absolute atomic E-state index is 6.14. The van der Waals surface area contributed by atoms with E-state index in [0.29, 0.717) is 6.61 Å².